The first-order valence-corrected chi connectivity index (χ1v) is 12.7. The van der Waals surface area contributed by atoms with Crippen molar-refractivity contribution >= 4 is 22.9 Å². The lowest BCUT2D eigenvalue weighted by Gasteiger charge is -2.26. The Balaban J connectivity index is 1.44. The van der Waals surface area contributed by atoms with Crippen molar-refractivity contribution in [1.82, 2.24) is 15.3 Å². The number of fused-ring (bicyclic) bond motifs is 2. The molecule has 0 saturated carbocycles. The van der Waals surface area contributed by atoms with Gasteiger partial charge in [-0.2, -0.15) is 0 Å². The highest BCUT2D eigenvalue weighted by Crippen LogP contribution is 2.32. The molecule has 1 aromatic heterocycles. The Labute approximate surface area is 219 Å². The molecule has 1 aliphatic rings. The number of halogens is 1. The van der Waals surface area contributed by atoms with Crippen LogP contribution >= 0.6 is 0 Å². The number of carboxylic acid groups (broad SMARTS) is 1. The molecule has 0 bridgehead atoms. The second kappa shape index (κ2) is 11.0. The smallest absolute Gasteiger partial charge is 0.306 e. The number of carbonyl (C=O) groups is 2. The number of ether oxygens (including phenoxy) is 1. The summed E-state index contributed by atoms with van der Waals surface area (Å²) >= 11 is 0. The number of amides is 1. The number of rotatable bonds is 8. The quantitative estimate of drug-likeness (QED) is 0.312. The molecule has 194 valence electrons. The maximum atomic E-state index is 13.6. The van der Waals surface area contributed by atoms with Crippen LogP contribution in [-0.4, -0.2) is 33.6 Å². The lowest BCUT2D eigenvalue weighted by molar-refractivity contribution is -0.141. The number of nitrogens with zero attached hydrogens (tertiary/aromatic N) is 2. The van der Waals surface area contributed by atoms with Crippen LogP contribution in [-0.2, 0) is 11.2 Å². The van der Waals surface area contributed by atoms with Gasteiger partial charge >= 0.3 is 5.97 Å². The van der Waals surface area contributed by atoms with Gasteiger partial charge in [-0.15, -0.1) is 0 Å². The van der Waals surface area contributed by atoms with Crippen molar-refractivity contribution in [2.45, 2.75) is 38.6 Å². The Morgan fingerprint density at radius 2 is 1.87 bits per heavy atom. The second-order valence-electron chi connectivity index (χ2n) is 9.56. The standard InChI is InChI=1S/C30H28FN3O4/c1-18(30(36)37)5-4-7-25-28(19-9-12-21(31)13-10-19)33-24-14-11-20(17-26(24)32-25)29(35)34-23-15-16-38-27-8-3-2-6-22(23)27/h2-3,6,8-14,17-18,23H,4-5,7,15-16H2,1H3,(H,34,35)(H,36,37)/t18-,23+/m0/s1. The number of carbonyl (C=O) groups excluding carboxylic acids is 1. The summed E-state index contributed by atoms with van der Waals surface area (Å²) in [6.45, 7) is 2.21. The number of nitrogens with one attached hydrogen (secondary N) is 1. The maximum Gasteiger partial charge on any atom is 0.306 e. The average molecular weight is 514 g/mol. The highest BCUT2D eigenvalue weighted by Gasteiger charge is 2.23. The van der Waals surface area contributed by atoms with Crippen LogP contribution in [0.4, 0.5) is 4.39 Å². The molecule has 1 aliphatic heterocycles. The molecule has 0 aliphatic carbocycles. The van der Waals surface area contributed by atoms with Gasteiger partial charge in [-0.1, -0.05) is 25.1 Å². The zero-order chi connectivity index (χ0) is 26.6. The summed E-state index contributed by atoms with van der Waals surface area (Å²) in [5.41, 5.74) is 4.62. The third kappa shape index (κ3) is 5.49. The normalized spacial score (nSPS) is 15.4. The largest absolute Gasteiger partial charge is 0.493 e. The monoisotopic (exact) mass is 513 g/mol. The van der Waals surface area contributed by atoms with Gasteiger partial charge in [0, 0.05) is 23.1 Å². The van der Waals surface area contributed by atoms with E-state index in [-0.39, 0.29) is 17.8 Å². The Morgan fingerprint density at radius 1 is 1.08 bits per heavy atom. The Bertz CT molecular complexity index is 1490. The second-order valence-corrected chi connectivity index (χ2v) is 9.56. The molecule has 0 unspecified atom stereocenters. The number of hydrogen-bond donors (Lipinski definition) is 2. The number of aromatic nitrogens is 2. The number of para-hydroxylation sites is 1. The van der Waals surface area contributed by atoms with E-state index in [0.29, 0.717) is 60.3 Å². The first kappa shape index (κ1) is 25.3. The van der Waals surface area contributed by atoms with Gasteiger partial charge in [0.15, 0.2) is 0 Å². The molecule has 2 heterocycles. The molecule has 38 heavy (non-hydrogen) atoms. The van der Waals surface area contributed by atoms with Gasteiger partial charge in [0.25, 0.3) is 5.91 Å². The molecule has 4 aromatic rings. The fraction of sp³-hybridized carbons (Fsp3) is 0.267. The minimum atomic E-state index is -0.837. The van der Waals surface area contributed by atoms with Crippen molar-refractivity contribution in [2.24, 2.45) is 5.92 Å². The van der Waals surface area contributed by atoms with Gasteiger partial charge < -0.3 is 15.2 Å². The van der Waals surface area contributed by atoms with Crippen LogP contribution in [0.1, 0.15) is 53.8 Å². The van der Waals surface area contributed by atoms with Crippen LogP contribution < -0.4 is 10.1 Å². The first-order valence-electron chi connectivity index (χ1n) is 12.7. The van der Waals surface area contributed by atoms with Crippen LogP contribution in [0, 0.1) is 11.7 Å². The lowest BCUT2D eigenvalue weighted by atomic mass is 10.00. The predicted molar refractivity (Wildman–Crippen MR) is 141 cm³/mol. The molecule has 5 rings (SSSR count). The van der Waals surface area contributed by atoms with Crippen molar-refractivity contribution < 1.29 is 23.8 Å². The van der Waals surface area contributed by atoms with Crippen molar-refractivity contribution in [3.8, 4) is 17.0 Å². The third-order valence-corrected chi connectivity index (χ3v) is 6.85. The molecule has 0 fully saturated rings. The molecule has 7 nitrogen and oxygen atoms in total. The summed E-state index contributed by atoms with van der Waals surface area (Å²) in [6.07, 6.45) is 2.27. The van der Waals surface area contributed by atoms with E-state index < -0.39 is 11.9 Å². The van der Waals surface area contributed by atoms with E-state index in [4.69, 9.17) is 14.7 Å². The zero-order valence-electron chi connectivity index (χ0n) is 21.0. The van der Waals surface area contributed by atoms with Crippen LogP contribution in [0.2, 0.25) is 0 Å². The molecule has 3 aromatic carbocycles. The number of hydrogen-bond acceptors (Lipinski definition) is 5. The molecule has 2 N–H and O–H groups in total. The minimum absolute atomic E-state index is 0.151. The van der Waals surface area contributed by atoms with E-state index >= 15 is 0 Å². The van der Waals surface area contributed by atoms with Crippen molar-refractivity contribution in [3.05, 3.63) is 89.4 Å². The topological polar surface area (TPSA) is 101 Å². The highest BCUT2D eigenvalue weighted by molar-refractivity contribution is 5.97. The molecule has 2 atom stereocenters. The van der Waals surface area contributed by atoms with E-state index in [1.54, 1.807) is 37.3 Å². The summed E-state index contributed by atoms with van der Waals surface area (Å²) in [4.78, 5) is 34.1. The summed E-state index contributed by atoms with van der Waals surface area (Å²) < 4.78 is 19.3. The fourth-order valence-electron chi connectivity index (χ4n) is 4.68. The van der Waals surface area contributed by atoms with Crippen LogP contribution in [0.5, 0.6) is 5.75 Å². The lowest BCUT2D eigenvalue weighted by Crippen LogP contribution is -2.32. The molecule has 0 spiro atoms. The van der Waals surface area contributed by atoms with Gasteiger partial charge in [-0.25, -0.2) is 14.4 Å². The Morgan fingerprint density at radius 3 is 2.66 bits per heavy atom. The van der Waals surface area contributed by atoms with E-state index in [0.717, 1.165) is 16.9 Å². The maximum absolute atomic E-state index is 13.6. The van der Waals surface area contributed by atoms with Gasteiger partial charge in [0.2, 0.25) is 0 Å². The predicted octanol–water partition coefficient (Wildman–Crippen LogP) is 5.73. The van der Waals surface area contributed by atoms with Crippen LogP contribution in [0.3, 0.4) is 0 Å². The summed E-state index contributed by atoms with van der Waals surface area (Å²) in [5.74, 6) is -1.08. The van der Waals surface area contributed by atoms with Crippen molar-refractivity contribution in [1.29, 1.82) is 0 Å². The van der Waals surface area contributed by atoms with Crippen molar-refractivity contribution in [2.75, 3.05) is 6.61 Å². The summed E-state index contributed by atoms with van der Waals surface area (Å²) in [7, 11) is 0. The fourth-order valence-corrected chi connectivity index (χ4v) is 4.68. The van der Waals surface area contributed by atoms with E-state index in [9.17, 15) is 19.1 Å². The summed E-state index contributed by atoms with van der Waals surface area (Å²) in [5, 5.41) is 12.3. The summed E-state index contributed by atoms with van der Waals surface area (Å²) in [6, 6.07) is 18.8. The number of aliphatic carboxylic acids is 1. The van der Waals surface area contributed by atoms with Gasteiger partial charge in [-0.05, 0) is 67.8 Å². The van der Waals surface area contributed by atoms with Gasteiger partial charge in [-0.3, -0.25) is 9.59 Å². The van der Waals surface area contributed by atoms with E-state index in [2.05, 4.69) is 5.32 Å². The number of benzene rings is 3. The first-order chi connectivity index (χ1) is 18.4. The third-order valence-electron chi connectivity index (χ3n) is 6.85. The minimum Gasteiger partial charge on any atom is -0.493 e. The molecule has 0 saturated heterocycles. The molecular formula is C30H28FN3O4. The zero-order valence-corrected chi connectivity index (χ0v) is 21.0. The Hall–Kier alpha value is -4.33. The molecule has 0 radical (unpaired) electrons. The molecule has 1 amide bonds. The van der Waals surface area contributed by atoms with Crippen LogP contribution in [0.25, 0.3) is 22.3 Å². The van der Waals surface area contributed by atoms with Gasteiger partial charge in [0.1, 0.15) is 11.6 Å². The highest BCUT2D eigenvalue weighted by atomic mass is 19.1. The molecular weight excluding hydrogens is 485 g/mol. The van der Waals surface area contributed by atoms with E-state index in [1.165, 1.54) is 12.1 Å². The average Bonchev–Trinajstić information content (AvgIpc) is 2.93. The van der Waals surface area contributed by atoms with Crippen molar-refractivity contribution in [3.63, 3.8) is 0 Å². The number of aryl methyl sites for hydroxylation is 1. The SMILES string of the molecule is C[C@@H](CCCc1nc2cc(C(=O)N[C@@H]3CCOc4ccccc43)ccc2nc1-c1ccc(F)cc1)C(=O)O. The van der Waals surface area contributed by atoms with Crippen LogP contribution in [0.15, 0.2) is 66.7 Å². The number of carboxylic acids is 1. The van der Waals surface area contributed by atoms with Gasteiger partial charge in [0.05, 0.1) is 41.0 Å². The molecule has 8 heteroatoms. The van der Waals surface area contributed by atoms with E-state index in [1.807, 2.05) is 24.3 Å². The Kier molecular flexibility index (Phi) is 7.31.